The van der Waals surface area contributed by atoms with Crippen molar-refractivity contribution < 1.29 is 4.79 Å². The molecule has 0 saturated carbocycles. The maximum Gasteiger partial charge on any atom is 0.234 e. The van der Waals surface area contributed by atoms with Crippen LogP contribution in [0.3, 0.4) is 0 Å². The molecular formula is C19H28N4O. The first kappa shape index (κ1) is 18.2. The summed E-state index contributed by atoms with van der Waals surface area (Å²) in [6.07, 6.45) is 0.881. The summed E-state index contributed by atoms with van der Waals surface area (Å²) in [5.74, 6) is 0.0636. The van der Waals surface area contributed by atoms with E-state index in [2.05, 4.69) is 47.4 Å². The van der Waals surface area contributed by atoms with Gasteiger partial charge in [0, 0.05) is 24.8 Å². The van der Waals surface area contributed by atoms with Crippen LogP contribution in [0.15, 0.2) is 36.4 Å². The Labute approximate surface area is 144 Å². The van der Waals surface area contributed by atoms with Crippen molar-refractivity contribution in [3.8, 4) is 0 Å². The number of hydrogen-bond donors (Lipinski definition) is 1. The number of likely N-dealkylation sites (N-methyl/N-ethyl adjacent to an activating group) is 1. The third-order valence-corrected chi connectivity index (χ3v) is 4.31. The Morgan fingerprint density at radius 3 is 2.62 bits per heavy atom. The topological polar surface area (TPSA) is 50.2 Å². The van der Waals surface area contributed by atoms with E-state index >= 15 is 0 Å². The molecule has 0 fully saturated rings. The number of nitrogens with zero attached hydrogens (tertiary/aromatic N) is 3. The van der Waals surface area contributed by atoms with Gasteiger partial charge in [-0.05, 0) is 45.9 Å². The van der Waals surface area contributed by atoms with E-state index in [1.54, 1.807) is 0 Å². The lowest BCUT2D eigenvalue weighted by atomic mass is 10.1. The number of benzene rings is 1. The number of carbonyl (C=O) groups excluding carboxylic acids is 1. The molecule has 1 heterocycles. The Morgan fingerprint density at radius 2 is 2.00 bits per heavy atom. The van der Waals surface area contributed by atoms with Crippen molar-refractivity contribution >= 4 is 5.91 Å². The van der Waals surface area contributed by atoms with Crippen LogP contribution in [-0.2, 0) is 11.3 Å². The van der Waals surface area contributed by atoms with Gasteiger partial charge in [-0.15, -0.1) is 0 Å². The second kappa shape index (κ2) is 8.64. The van der Waals surface area contributed by atoms with Gasteiger partial charge in [-0.3, -0.25) is 14.4 Å². The Morgan fingerprint density at radius 1 is 1.29 bits per heavy atom. The Kier molecular flexibility index (Phi) is 6.55. The molecule has 130 valence electrons. The molecule has 2 rings (SSSR count). The van der Waals surface area contributed by atoms with Crippen LogP contribution < -0.4 is 5.32 Å². The highest BCUT2D eigenvalue weighted by Crippen LogP contribution is 2.17. The Bertz CT molecular complexity index is 651. The van der Waals surface area contributed by atoms with Crippen molar-refractivity contribution in [3.63, 3.8) is 0 Å². The minimum atomic E-state index is 0.0636. The summed E-state index contributed by atoms with van der Waals surface area (Å²) in [5.41, 5.74) is 3.42. The first-order valence-electron chi connectivity index (χ1n) is 8.50. The van der Waals surface area contributed by atoms with Crippen LogP contribution in [0, 0.1) is 13.8 Å². The van der Waals surface area contributed by atoms with Crippen molar-refractivity contribution in [1.82, 2.24) is 20.0 Å². The molecule has 0 saturated heterocycles. The highest BCUT2D eigenvalue weighted by Gasteiger charge is 2.14. The molecule has 0 radical (unpaired) electrons. The summed E-state index contributed by atoms with van der Waals surface area (Å²) < 4.78 is 1.99. The predicted molar refractivity (Wildman–Crippen MR) is 96.8 cm³/mol. The number of rotatable bonds is 8. The van der Waals surface area contributed by atoms with Crippen molar-refractivity contribution in [2.75, 3.05) is 20.1 Å². The smallest absolute Gasteiger partial charge is 0.234 e. The summed E-state index contributed by atoms with van der Waals surface area (Å²) in [5, 5.41) is 7.42. The van der Waals surface area contributed by atoms with Gasteiger partial charge < -0.3 is 5.32 Å². The molecule has 2 aromatic rings. The molecule has 1 amide bonds. The van der Waals surface area contributed by atoms with E-state index < -0.39 is 0 Å². The molecule has 0 aliphatic heterocycles. The largest absolute Gasteiger partial charge is 0.355 e. The van der Waals surface area contributed by atoms with Gasteiger partial charge in [0.25, 0.3) is 0 Å². The van der Waals surface area contributed by atoms with Crippen LogP contribution >= 0.6 is 0 Å². The molecule has 0 unspecified atom stereocenters. The Hall–Kier alpha value is -2.14. The van der Waals surface area contributed by atoms with E-state index in [9.17, 15) is 4.79 Å². The molecule has 0 aliphatic carbocycles. The van der Waals surface area contributed by atoms with Gasteiger partial charge in [-0.2, -0.15) is 5.10 Å². The van der Waals surface area contributed by atoms with Gasteiger partial charge >= 0.3 is 0 Å². The van der Waals surface area contributed by atoms with Crippen molar-refractivity contribution in [2.45, 2.75) is 39.8 Å². The number of hydrogen-bond acceptors (Lipinski definition) is 3. The Balaban J connectivity index is 1.70. The molecule has 0 aliphatic rings. The van der Waals surface area contributed by atoms with Gasteiger partial charge in [0.15, 0.2) is 0 Å². The zero-order chi connectivity index (χ0) is 17.5. The molecule has 1 N–H and O–H groups in total. The first-order valence-corrected chi connectivity index (χ1v) is 8.50. The van der Waals surface area contributed by atoms with E-state index in [4.69, 9.17) is 0 Å². The van der Waals surface area contributed by atoms with Crippen LogP contribution in [0.1, 0.15) is 36.3 Å². The van der Waals surface area contributed by atoms with E-state index in [0.29, 0.717) is 13.1 Å². The van der Waals surface area contributed by atoms with E-state index in [1.807, 2.05) is 36.9 Å². The third kappa shape index (κ3) is 5.20. The summed E-state index contributed by atoms with van der Waals surface area (Å²) in [7, 11) is 1.98. The quantitative estimate of drug-likeness (QED) is 0.758. The lowest BCUT2D eigenvalue weighted by Crippen LogP contribution is -2.37. The molecule has 24 heavy (non-hydrogen) atoms. The maximum atomic E-state index is 12.1. The van der Waals surface area contributed by atoms with Crippen molar-refractivity contribution in [2.24, 2.45) is 0 Å². The average molecular weight is 328 g/mol. The van der Waals surface area contributed by atoms with E-state index in [0.717, 1.165) is 24.4 Å². The summed E-state index contributed by atoms with van der Waals surface area (Å²) >= 11 is 0. The van der Waals surface area contributed by atoms with Gasteiger partial charge in [0.1, 0.15) is 0 Å². The van der Waals surface area contributed by atoms with Crippen LogP contribution in [0.2, 0.25) is 0 Å². The second-order valence-corrected chi connectivity index (χ2v) is 6.36. The number of amides is 1. The molecule has 0 spiro atoms. The highest BCUT2D eigenvalue weighted by molar-refractivity contribution is 5.78. The predicted octanol–water partition coefficient (Wildman–Crippen LogP) is 2.70. The molecular weight excluding hydrogens is 300 g/mol. The standard InChI is InChI=1S/C19H28N4O/c1-15-13-16(2)23(21-15)12-8-11-20-19(24)14-22(4)17(3)18-9-6-5-7-10-18/h5-7,9-10,13,17H,8,11-12,14H2,1-4H3,(H,20,24)/t17-/m1/s1. The monoisotopic (exact) mass is 328 g/mol. The van der Waals surface area contributed by atoms with Crippen molar-refractivity contribution in [3.05, 3.63) is 53.3 Å². The minimum absolute atomic E-state index is 0.0636. The number of nitrogens with one attached hydrogen (secondary N) is 1. The molecule has 0 bridgehead atoms. The number of carbonyl (C=O) groups is 1. The lowest BCUT2D eigenvalue weighted by Gasteiger charge is -2.24. The number of aryl methyl sites for hydroxylation is 3. The summed E-state index contributed by atoms with van der Waals surface area (Å²) in [6.45, 7) is 8.07. The van der Waals surface area contributed by atoms with Gasteiger partial charge in [-0.25, -0.2) is 0 Å². The fourth-order valence-electron chi connectivity index (χ4n) is 2.76. The summed E-state index contributed by atoms with van der Waals surface area (Å²) in [6, 6.07) is 12.5. The fraction of sp³-hybridized carbons (Fsp3) is 0.474. The zero-order valence-electron chi connectivity index (χ0n) is 15.1. The normalized spacial score (nSPS) is 12.4. The minimum Gasteiger partial charge on any atom is -0.355 e. The van der Waals surface area contributed by atoms with E-state index in [-0.39, 0.29) is 11.9 Å². The molecule has 1 aromatic heterocycles. The van der Waals surface area contributed by atoms with Gasteiger partial charge in [-0.1, -0.05) is 30.3 Å². The molecule has 1 atom stereocenters. The van der Waals surface area contributed by atoms with Crippen LogP contribution in [-0.4, -0.2) is 40.7 Å². The molecule has 5 heteroatoms. The average Bonchev–Trinajstić information content (AvgIpc) is 2.89. The molecule has 1 aromatic carbocycles. The fourth-order valence-corrected chi connectivity index (χ4v) is 2.76. The van der Waals surface area contributed by atoms with Crippen molar-refractivity contribution in [1.29, 1.82) is 0 Å². The lowest BCUT2D eigenvalue weighted by molar-refractivity contribution is -0.122. The summed E-state index contributed by atoms with van der Waals surface area (Å²) in [4.78, 5) is 14.2. The van der Waals surface area contributed by atoms with E-state index in [1.165, 1.54) is 5.56 Å². The number of aromatic nitrogens is 2. The maximum absolute atomic E-state index is 12.1. The van der Waals surface area contributed by atoms with Crippen LogP contribution in [0.5, 0.6) is 0 Å². The molecule has 5 nitrogen and oxygen atoms in total. The second-order valence-electron chi connectivity index (χ2n) is 6.36. The first-order chi connectivity index (χ1) is 11.5. The zero-order valence-corrected chi connectivity index (χ0v) is 15.1. The third-order valence-electron chi connectivity index (χ3n) is 4.31. The van der Waals surface area contributed by atoms with Gasteiger partial charge in [0.2, 0.25) is 5.91 Å². The van der Waals surface area contributed by atoms with Crippen LogP contribution in [0.4, 0.5) is 0 Å². The SMILES string of the molecule is Cc1cc(C)n(CCCNC(=O)CN(C)[C@H](C)c2ccccc2)n1. The van der Waals surface area contributed by atoms with Crippen LogP contribution in [0.25, 0.3) is 0 Å². The van der Waals surface area contributed by atoms with Gasteiger partial charge in [0.05, 0.1) is 12.2 Å². The highest BCUT2D eigenvalue weighted by atomic mass is 16.2.